The number of aliphatic hydroxyl groups is 1. The van der Waals surface area contributed by atoms with E-state index in [4.69, 9.17) is 26.2 Å². The second-order valence-corrected chi connectivity index (χ2v) is 13.4. The molecule has 4 rings (SSSR count). The van der Waals surface area contributed by atoms with Gasteiger partial charge in [0.2, 0.25) is 0 Å². The summed E-state index contributed by atoms with van der Waals surface area (Å²) in [5.41, 5.74) is 0.435. The zero-order chi connectivity index (χ0) is 33.5. The predicted molar refractivity (Wildman–Crippen MR) is 171 cm³/mol. The second kappa shape index (κ2) is 15.0. The van der Waals surface area contributed by atoms with E-state index in [1.54, 1.807) is 48.3 Å². The van der Waals surface area contributed by atoms with Crippen molar-refractivity contribution < 1.29 is 37.2 Å². The fourth-order valence-corrected chi connectivity index (χ4v) is 6.33. The summed E-state index contributed by atoms with van der Waals surface area (Å²) < 4.78 is 54.6. The van der Waals surface area contributed by atoms with Gasteiger partial charge in [-0.2, -0.15) is 18.3 Å². The fourth-order valence-electron chi connectivity index (χ4n) is 4.41. The Morgan fingerprint density at radius 2 is 1.87 bits per heavy atom. The van der Waals surface area contributed by atoms with Gasteiger partial charge in [0, 0.05) is 50.4 Å². The Morgan fingerprint density at radius 1 is 1.11 bits per heavy atom. The van der Waals surface area contributed by atoms with Crippen LogP contribution in [-0.2, 0) is 35.2 Å². The molecule has 3 aromatic heterocycles. The molecular formula is C29H33F3N7O5PS. The molecule has 0 bridgehead atoms. The van der Waals surface area contributed by atoms with Gasteiger partial charge in [-0.15, -0.1) is 0 Å². The van der Waals surface area contributed by atoms with Gasteiger partial charge >= 0.3 is 6.18 Å². The first kappa shape index (κ1) is 34.8. The van der Waals surface area contributed by atoms with E-state index >= 15 is 0 Å². The standard InChI is InChI=1S/C29H33F3N7O5PS/c1-4-44-45(42,46)17-18-6-7-22(25(12-18)43-3)37-26-13-24(20(15-34-26)29(30,31)32)36-23-9-8-21(38-27(23)28(41)33-2)19-14-35-39(16-19)10-5-11-40/h6-9,12-16,40H,4-5,10-11,17H2,1-3H3,(H,33,41)(H,42,46)(H2,34,36,37). The SMILES string of the molecule is CCOP(O)(=S)Cc1ccc(Nc2cc(Nc3ccc(-c4cnn(CCCO)c4)nc3C(=O)NC)c(C(F)(F)F)cn2)c(OC)c1. The molecule has 0 aliphatic carbocycles. The number of carbonyl (C=O) groups is 1. The second-order valence-electron chi connectivity index (χ2n) is 9.85. The maximum absolute atomic E-state index is 14.1. The van der Waals surface area contributed by atoms with Crippen LogP contribution >= 0.6 is 6.49 Å². The van der Waals surface area contributed by atoms with Crippen LogP contribution in [0, 0.1) is 0 Å². The Balaban J connectivity index is 1.67. The maximum atomic E-state index is 14.1. The Hall–Kier alpha value is -4.08. The molecule has 1 unspecified atom stereocenters. The summed E-state index contributed by atoms with van der Waals surface area (Å²) >= 11 is 5.17. The summed E-state index contributed by atoms with van der Waals surface area (Å²) in [5.74, 6) is -0.244. The van der Waals surface area contributed by atoms with Crippen molar-refractivity contribution in [1.29, 1.82) is 0 Å². The highest BCUT2D eigenvalue weighted by Crippen LogP contribution is 2.47. The monoisotopic (exact) mass is 679 g/mol. The molecule has 0 aliphatic rings. The van der Waals surface area contributed by atoms with E-state index in [0.717, 1.165) is 6.07 Å². The molecule has 17 heteroatoms. The summed E-state index contributed by atoms with van der Waals surface area (Å²) in [6.07, 6.45) is -0.259. The van der Waals surface area contributed by atoms with Crippen LogP contribution < -0.4 is 20.7 Å². The van der Waals surface area contributed by atoms with Gasteiger partial charge in [0.15, 0.2) is 12.2 Å². The molecule has 4 aromatic rings. The van der Waals surface area contributed by atoms with Crippen LogP contribution in [0.5, 0.6) is 5.75 Å². The number of methoxy groups -OCH3 is 1. The Labute approximate surface area is 268 Å². The van der Waals surface area contributed by atoms with E-state index in [1.165, 1.54) is 20.2 Å². The van der Waals surface area contributed by atoms with Crippen molar-refractivity contribution in [3.05, 3.63) is 71.8 Å². The van der Waals surface area contributed by atoms with Crippen molar-refractivity contribution in [2.75, 3.05) is 38.0 Å². The van der Waals surface area contributed by atoms with Crippen molar-refractivity contribution in [2.45, 2.75) is 32.2 Å². The number of aromatic nitrogens is 4. The molecule has 0 spiro atoms. The summed E-state index contributed by atoms with van der Waals surface area (Å²) in [5, 5.41) is 21.4. The Kier molecular flexibility index (Phi) is 11.3. The lowest BCUT2D eigenvalue weighted by Crippen LogP contribution is -2.21. The summed E-state index contributed by atoms with van der Waals surface area (Å²) in [4.78, 5) is 31.5. The number of ether oxygens (including phenoxy) is 1. The first-order valence-corrected chi connectivity index (χ1v) is 16.8. The minimum atomic E-state index is -4.78. The lowest BCUT2D eigenvalue weighted by atomic mass is 10.1. The minimum absolute atomic E-state index is 0.00271. The minimum Gasteiger partial charge on any atom is -0.495 e. The van der Waals surface area contributed by atoms with Crippen LogP contribution in [-0.4, -0.2) is 63.0 Å². The van der Waals surface area contributed by atoms with Crippen molar-refractivity contribution in [3.8, 4) is 17.0 Å². The lowest BCUT2D eigenvalue weighted by Gasteiger charge is -2.19. The van der Waals surface area contributed by atoms with Crippen molar-refractivity contribution in [3.63, 3.8) is 0 Å². The van der Waals surface area contributed by atoms with Crippen LogP contribution in [0.25, 0.3) is 11.3 Å². The molecule has 0 saturated carbocycles. The Morgan fingerprint density at radius 3 is 2.54 bits per heavy atom. The molecule has 46 heavy (non-hydrogen) atoms. The Bertz CT molecular complexity index is 1740. The zero-order valence-electron chi connectivity index (χ0n) is 25.1. The third-order valence-corrected chi connectivity index (χ3v) is 8.66. The lowest BCUT2D eigenvalue weighted by molar-refractivity contribution is -0.137. The highest BCUT2D eigenvalue weighted by molar-refractivity contribution is 8.09. The number of hydrogen-bond acceptors (Lipinski definition) is 10. The smallest absolute Gasteiger partial charge is 0.419 e. The molecule has 12 nitrogen and oxygen atoms in total. The summed E-state index contributed by atoms with van der Waals surface area (Å²) in [6, 6.07) is 9.12. The van der Waals surface area contributed by atoms with Gasteiger partial charge in [0.05, 0.1) is 48.2 Å². The molecule has 1 amide bonds. The number of nitrogens with one attached hydrogen (secondary N) is 3. The van der Waals surface area contributed by atoms with Crippen LogP contribution in [0.1, 0.15) is 35.0 Å². The first-order valence-electron chi connectivity index (χ1n) is 14.0. The normalized spacial score (nSPS) is 12.8. The number of amides is 1. The van der Waals surface area contributed by atoms with E-state index in [1.807, 2.05) is 0 Å². The fraction of sp³-hybridized carbons (Fsp3) is 0.310. The van der Waals surface area contributed by atoms with Gasteiger partial charge in [-0.1, -0.05) is 6.07 Å². The maximum Gasteiger partial charge on any atom is 0.419 e. The average molecular weight is 680 g/mol. The van der Waals surface area contributed by atoms with Crippen molar-refractivity contribution >= 4 is 47.1 Å². The van der Waals surface area contributed by atoms with Gasteiger partial charge in [-0.25, -0.2) is 9.97 Å². The van der Waals surface area contributed by atoms with Crippen molar-refractivity contribution in [1.82, 2.24) is 25.1 Å². The number of aryl methyl sites for hydroxylation is 1. The molecule has 0 radical (unpaired) electrons. The quantitative estimate of drug-likeness (QED) is 0.108. The highest BCUT2D eigenvalue weighted by atomic mass is 32.5. The molecular weight excluding hydrogens is 646 g/mol. The first-order chi connectivity index (χ1) is 21.9. The van der Waals surface area contributed by atoms with Gasteiger partial charge in [-0.3, -0.25) is 9.48 Å². The van der Waals surface area contributed by atoms with Gasteiger partial charge in [-0.05, 0) is 55.0 Å². The van der Waals surface area contributed by atoms with Crippen LogP contribution in [0.2, 0.25) is 0 Å². The van der Waals surface area contributed by atoms with Gasteiger partial charge in [0.25, 0.3) is 5.91 Å². The summed E-state index contributed by atoms with van der Waals surface area (Å²) in [6.45, 7) is -0.574. The number of anilines is 4. The number of carbonyl (C=O) groups excluding carboxylic acids is 1. The number of benzene rings is 1. The average Bonchev–Trinajstić information content (AvgIpc) is 3.49. The van der Waals surface area contributed by atoms with Crippen LogP contribution in [0.15, 0.2) is 55.0 Å². The van der Waals surface area contributed by atoms with Crippen LogP contribution in [0.4, 0.5) is 36.1 Å². The molecule has 0 aliphatic heterocycles. The number of halogens is 3. The van der Waals surface area contributed by atoms with Crippen molar-refractivity contribution in [2.24, 2.45) is 0 Å². The zero-order valence-corrected chi connectivity index (χ0v) is 26.8. The molecule has 5 N–H and O–H groups in total. The highest BCUT2D eigenvalue weighted by Gasteiger charge is 2.35. The molecule has 3 heterocycles. The number of rotatable bonds is 14. The van der Waals surface area contributed by atoms with Crippen LogP contribution in [0.3, 0.4) is 0 Å². The molecule has 0 fully saturated rings. The van der Waals surface area contributed by atoms with Gasteiger partial charge in [0.1, 0.15) is 11.6 Å². The predicted octanol–water partition coefficient (Wildman–Crippen LogP) is 5.44. The number of hydrogen-bond donors (Lipinski definition) is 5. The molecule has 1 aromatic carbocycles. The summed E-state index contributed by atoms with van der Waals surface area (Å²) in [7, 11) is 2.81. The third kappa shape index (κ3) is 8.79. The largest absolute Gasteiger partial charge is 0.495 e. The number of aliphatic hydroxyl groups excluding tert-OH is 1. The van der Waals surface area contributed by atoms with E-state index in [0.29, 0.717) is 47.4 Å². The number of nitrogens with zero attached hydrogens (tertiary/aromatic N) is 4. The van der Waals surface area contributed by atoms with E-state index < -0.39 is 24.1 Å². The number of pyridine rings is 2. The van der Waals surface area contributed by atoms with E-state index in [2.05, 4.69) is 31.0 Å². The third-order valence-electron chi connectivity index (χ3n) is 6.53. The molecule has 246 valence electrons. The molecule has 0 saturated heterocycles. The van der Waals surface area contributed by atoms with E-state index in [-0.39, 0.29) is 42.3 Å². The van der Waals surface area contributed by atoms with E-state index in [9.17, 15) is 22.9 Å². The molecule has 1 atom stereocenters. The van der Waals surface area contributed by atoms with Gasteiger partial charge < -0.3 is 35.2 Å². The topological polar surface area (TPSA) is 156 Å². The number of alkyl halides is 3.